The van der Waals surface area contributed by atoms with E-state index in [2.05, 4.69) is 34.2 Å². The van der Waals surface area contributed by atoms with Gasteiger partial charge in [-0.1, -0.05) is 24.3 Å². The standard InChI is InChI=1S/C11H14N4/c12-15-6-5-13-11(15)14-7-9-3-1-2-4-10(9)8-14/h1-4H,5-8,12H2. The Morgan fingerprint density at radius 3 is 2.33 bits per heavy atom. The number of hydrogen-bond acceptors (Lipinski definition) is 4. The minimum Gasteiger partial charge on any atom is -0.333 e. The van der Waals surface area contributed by atoms with Crippen LogP contribution >= 0.6 is 0 Å². The zero-order valence-electron chi connectivity index (χ0n) is 8.56. The molecular weight excluding hydrogens is 188 g/mol. The van der Waals surface area contributed by atoms with Crippen LogP contribution in [0, 0.1) is 0 Å². The largest absolute Gasteiger partial charge is 0.333 e. The molecule has 0 bridgehead atoms. The van der Waals surface area contributed by atoms with Crippen LogP contribution < -0.4 is 5.84 Å². The van der Waals surface area contributed by atoms with Gasteiger partial charge in [0.15, 0.2) is 0 Å². The van der Waals surface area contributed by atoms with Gasteiger partial charge in [-0.3, -0.25) is 5.01 Å². The molecule has 0 saturated heterocycles. The number of guanidine groups is 1. The van der Waals surface area contributed by atoms with Gasteiger partial charge in [-0.2, -0.15) is 0 Å². The van der Waals surface area contributed by atoms with Crippen molar-refractivity contribution < 1.29 is 0 Å². The molecule has 15 heavy (non-hydrogen) atoms. The fourth-order valence-corrected chi connectivity index (χ4v) is 2.20. The molecule has 4 nitrogen and oxygen atoms in total. The maximum absolute atomic E-state index is 5.85. The monoisotopic (exact) mass is 202 g/mol. The van der Waals surface area contributed by atoms with Crippen LogP contribution in [0.3, 0.4) is 0 Å². The summed E-state index contributed by atoms with van der Waals surface area (Å²) in [5, 5.41) is 1.74. The van der Waals surface area contributed by atoms with Crippen molar-refractivity contribution >= 4 is 5.96 Å². The highest BCUT2D eigenvalue weighted by atomic mass is 15.5. The lowest BCUT2D eigenvalue weighted by atomic mass is 10.1. The van der Waals surface area contributed by atoms with Crippen LogP contribution in [-0.2, 0) is 13.1 Å². The molecule has 1 aromatic carbocycles. The van der Waals surface area contributed by atoms with Crippen molar-refractivity contribution in [1.29, 1.82) is 0 Å². The van der Waals surface area contributed by atoms with Crippen LogP contribution in [0.25, 0.3) is 0 Å². The molecule has 4 heteroatoms. The van der Waals surface area contributed by atoms with Gasteiger partial charge in [-0.05, 0) is 11.1 Å². The molecule has 0 atom stereocenters. The zero-order valence-corrected chi connectivity index (χ0v) is 8.56. The SMILES string of the molecule is NN1CCN=C1N1Cc2ccccc2C1. The summed E-state index contributed by atoms with van der Waals surface area (Å²) >= 11 is 0. The number of benzene rings is 1. The predicted octanol–water partition coefficient (Wildman–Crippen LogP) is 0.547. The number of aliphatic imine (C=N–C) groups is 1. The predicted molar refractivity (Wildman–Crippen MR) is 58.9 cm³/mol. The lowest BCUT2D eigenvalue weighted by Gasteiger charge is -2.23. The van der Waals surface area contributed by atoms with Crippen LogP contribution in [0.4, 0.5) is 0 Å². The van der Waals surface area contributed by atoms with Gasteiger partial charge < -0.3 is 4.90 Å². The Hall–Kier alpha value is -1.55. The third-order valence-electron chi connectivity index (χ3n) is 2.97. The molecule has 0 saturated carbocycles. The van der Waals surface area contributed by atoms with Crippen molar-refractivity contribution in [3.8, 4) is 0 Å². The topological polar surface area (TPSA) is 44.9 Å². The van der Waals surface area contributed by atoms with E-state index in [9.17, 15) is 0 Å². The van der Waals surface area contributed by atoms with E-state index in [4.69, 9.17) is 5.84 Å². The third-order valence-corrected chi connectivity index (χ3v) is 2.97. The molecule has 0 aliphatic carbocycles. The van der Waals surface area contributed by atoms with Crippen LogP contribution in [0.15, 0.2) is 29.3 Å². The van der Waals surface area contributed by atoms with E-state index in [-0.39, 0.29) is 0 Å². The van der Waals surface area contributed by atoms with E-state index in [1.54, 1.807) is 5.01 Å². The average Bonchev–Trinajstić information content (AvgIpc) is 2.82. The summed E-state index contributed by atoms with van der Waals surface area (Å²) in [6.07, 6.45) is 0. The molecule has 2 aliphatic rings. The van der Waals surface area contributed by atoms with Crippen LogP contribution in [0.5, 0.6) is 0 Å². The van der Waals surface area contributed by atoms with Crippen LogP contribution in [0.1, 0.15) is 11.1 Å². The number of fused-ring (bicyclic) bond motifs is 1. The first-order valence-corrected chi connectivity index (χ1v) is 5.23. The van der Waals surface area contributed by atoms with Gasteiger partial charge in [0.25, 0.3) is 0 Å². The second-order valence-corrected chi connectivity index (χ2v) is 4.00. The molecule has 1 aromatic rings. The second kappa shape index (κ2) is 3.24. The first-order valence-electron chi connectivity index (χ1n) is 5.23. The van der Waals surface area contributed by atoms with Gasteiger partial charge >= 0.3 is 0 Å². The lowest BCUT2D eigenvalue weighted by molar-refractivity contribution is 0.355. The highest BCUT2D eigenvalue weighted by Crippen LogP contribution is 2.23. The van der Waals surface area contributed by atoms with Crippen molar-refractivity contribution in [3.63, 3.8) is 0 Å². The van der Waals surface area contributed by atoms with E-state index >= 15 is 0 Å². The van der Waals surface area contributed by atoms with Gasteiger partial charge in [0.1, 0.15) is 0 Å². The molecule has 2 aliphatic heterocycles. The molecule has 0 spiro atoms. The summed E-state index contributed by atoms with van der Waals surface area (Å²) in [7, 11) is 0. The molecule has 2 N–H and O–H groups in total. The summed E-state index contributed by atoms with van der Waals surface area (Å²) in [4.78, 5) is 6.66. The third kappa shape index (κ3) is 1.37. The summed E-state index contributed by atoms with van der Waals surface area (Å²) in [5.41, 5.74) is 2.78. The quantitative estimate of drug-likeness (QED) is 0.625. The van der Waals surface area contributed by atoms with E-state index in [1.807, 2.05) is 0 Å². The number of hydrogen-bond donors (Lipinski definition) is 1. The molecule has 0 aromatic heterocycles. The van der Waals surface area contributed by atoms with Crippen molar-refractivity contribution in [1.82, 2.24) is 9.91 Å². The Morgan fingerprint density at radius 1 is 1.13 bits per heavy atom. The van der Waals surface area contributed by atoms with E-state index in [0.717, 1.165) is 32.1 Å². The van der Waals surface area contributed by atoms with Crippen LogP contribution in [-0.4, -0.2) is 29.0 Å². The summed E-state index contributed by atoms with van der Waals surface area (Å²) < 4.78 is 0. The number of hydrazine groups is 1. The van der Waals surface area contributed by atoms with Crippen LogP contribution in [0.2, 0.25) is 0 Å². The van der Waals surface area contributed by atoms with E-state index in [1.165, 1.54) is 11.1 Å². The number of rotatable bonds is 0. The van der Waals surface area contributed by atoms with Crippen molar-refractivity contribution in [2.24, 2.45) is 10.8 Å². The second-order valence-electron chi connectivity index (χ2n) is 4.00. The fourth-order valence-electron chi connectivity index (χ4n) is 2.20. The van der Waals surface area contributed by atoms with Crippen molar-refractivity contribution in [2.75, 3.05) is 13.1 Å². The van der Waals surface area contributed by atoms with E-state index < -0.39 is 0 Å². The average molecular weight is 202 g/mol. The Balaban J connectivity index is 1.84. The Bertz CT molecular complexity index is 388. The summed E-state index contributed by atoms with van der Waals surface area (Å²) in [5.74, 6) is 6.79. The maximum Gasteiger partial charge on any atom is 0.211 e. The highest BCUT2D eigenvalue weighted by Gasteiger charge is 2.26. The van der Waals surface area contributed by atoms with Gasteiger partial charge in [-0.25, -0.2) is 10.8 Å². The molecule has 0 unspecified atom stereocenters. The smallest absolute Gasteiger partial charge is 0.211 e. The normalized spacial score (nSPS) is 19.4. The van der Waals surface area contributed by atoms with Gasteiger partial charge in [0.05, 0.1) is 13.1 Å². The van der Waals surface area contributed by atoms with E-state index in [0.29, 0.717) is 0 Å². The summed E-state index contributed by atoms with van der Waals surface area (Å²) in [6.45, 7) is 3.52. The summed E-state index contributed by atoms with van der Waals surface area (Å²) in [6, 6.07) is 8.51. The van der Waals surface area contributed by atoms with Crippen molar-refractivity contribution in [2.45, 2.75) is 13.1 Å². The van der Waals surface area contributed by atoms with Crippen molar-refractivity contribution in [3.05, 3.63) is 35.4 Å². The molecule has 0 amide bonds. The number of nitrogens with zero attached hydrogens (tertiary/aromatic N) is 3. The maximum atomic E-state index is 5.85. The molecular formula is C11H14N4. The fraction of sp³-hybridized carbons (Fsp3) is 0.364. The number of nitrogens with two attached hydrogens (primary N) is 1. The minimum absolute atomic E-state index is 0.818. The highest BCUT2D eigenvalue weighted by molar-refractivity contribution is 5.81. The zero-order chi connectivity index (χ0) is 10.3. The van der Waals surface area contributed by atoms with Gasteiger partial charge in [-0.15, -0.1) is 0 Å². The first kappa shape index (κ1) is 8.73. The van der Waals surface area contributed by atoms with Gasteiger partial charge in [0, 0.05) is 13.1 Å². The molecule has 78 valence electrons. The Labute approximate surface area is 89.0 Å². The molecule has 3 rings (SSSR count). The Kier molecular flexibility index (Phi) is 1.89. The van der Waals surface area contributed by atoms with Gasteiger partial charge in [0.2, 0.25) is 5.96 Å². The molecule has 0 radical (unpaired) electrons. The first-order chi connectivity index (χ1) is 7.34. The minimum atomic E-state index is 0.818. The molecule has 2 heterocycles. The lowest BCUT2D eigenvalue weighted by Crippen LogP contribution is -2.43. The Morgan fingerprint density at radius 2 is 1.80 bits per heavy atom. The molecule has 0 fully saturated rings.